The number of halogens is 2. The zero-order chi connectivity index (χ0) is 14.1. The molecule has 0 amide bonds. The second kappa shape index (κ2) is 5.38. The Kier molecular flexibility index (Phi) is 3.58. The number of hydrogen-bond acceptors (Lipinski definition) is 3. The first-order valence-electron chi connectivity index (χ1n) is 5.79. The van der Waals surface area contributed by atoms with E-state index < -0.39 is 0 Å². The molecule has 0 atom stereocenters. The number of H-pyrrole nitrogens is 1. The van der Waals surface area contributed by atoms with Gasteiger partial charge in [-0.25, -0.2) is 4.98 Å². The largest absolute Gasteiger partial charge is 0.506 e. The summed E-state index contributed by atoms with van der Waals surface area (Å²) < 4.78 is 1.49. The molecule has 0 aliphatic heterocycles. The number of aliphatic imine (C=N–C) groups is 1. The molecule has 3 aromatic rings. The highest BCUT2D eigenvalue weighted by atomic mass is 79.9. The molecule has 0 bridgehead atoms. The fourth-order valence-corrected chi connectivity index (χ4v) is 3.09. The van der Waals surface area contributed by atoms with Crippen LogP contribution in [0.25, 0.3) is 11.0 Å². The summed E-state index contributed by atoms with van der Waals surface area (Å²) in [7, 11) is 0. The third-order valence-corrected chi connectivity index (χ3v) is 3.88. The van der Waals surface area contributed by atoms with Gasteiger partial charge in [-0.1, -0.05) is 15.9 Å². The van der Waals surface area contributed by atoms with Crippen molar-refractivity contribution in [2.24, 2.45) is 4.99 Å². The number of nitrogens with zero attached hydrogens (tertiary/aromatic N) is 2. The SMILES string of the molecule is Oc1c(Br)cc(Br)cc1/C=N/c1ccc2[nH]cnc2c1. The van der Waals surface area contributed by atoms with E-state index in [0.29, 0.717) is 10.0 Å². The molecule has 4 nitrogen and oxygen atoms in total. The molecule has 0 spiro atoms. The van der Waals surface area contributed by atoms with Crippen LogP contribution in [0.1, 0.15) is 5.56 Å². The van der Waals surface area contributed by atoms with E-state index in [-0.39, 0.29) is 5.75 Å². The molecule has 20 heavy (non-hydrogen) atoms. The molecule has 6 heteroatoms. The number of rotatable bonds is 2. The molecule has 0 radical (unpaired) electrons. The highest BCUT2D eigenvalue weighted by molar-refractivity contribution is 9.11. The quantitative estimate of drug-likeness (QED) is 0.626. The highest BCUT2D eigenvalue weighted by Crippen LogP contribution is 2.31. The van der Waals surface area contributed by atoms with Gasteiger partial charge in [-0.2, -0.15) is 0 Å². The molecule has 0 fully saturated rings. The van der Waals surface area contributed by atoms with Crippen LogP contribution in [0, 0.1) is 0 Å². The minimum absolute atomic E-state index is 0.165. The number of hydrogen-bond donors (Lipinski definition) is 2. The first kappa shape index (κ1) is 13.3. The summed E-state index contributed by atoms with van der Waals surface area (Å²) in [6.07, 6.45) is 3.27. The Morgan fingerprint density at radius 2 is 2.05 bits per heavy atom. The van der Waals surface area contributed by atoms with Gasteiger partial charge in [-0.15, -0.1) is 0 Å². The maximum atomic E-state index is 9.96. The van der Waals surface area contributed by atoms with Crippen LogP contribution < -0.4 is 0 Å². The Bertz CT molecular complexity index is 811. The molecule has 2 N–H and O–H groups in total. The van der Waals surface area contributed by atoms with Crippen LogP contribution in [0.3, 0.4) is 0 Å². The molecule has 100 valence electrons. The number of aromatic hydroxyl groups is 1. The number of nitrogens with one attached hydrogen (secondary N) is 1. The molecule has 2 aromatic carbocycles. The summed E-state index contributed by atoms with van der Waals surface area (Å²) in [5.41, 5.74) is 3.24. The van der Waals surface area contributed by atoms with Crippen LogP contribution in [-0.2, 0) is 0 Å². The molecule has 0 aliphatic rings. The number of benzene rings is 2. The summed E-state index contributed by atoms with van der Waals surface area (Å²) in [6, 6.07) is 9.28. The van der Waals surface area contributed by atoms with E-state index in [9.17, 15) is 5.11 Å². The van der Waals surface area contributed by atoms with Crippen molar-refractivity contribution >= 4 is 54.8 Å². The second-order valence-corrected chi connectivity index (χ2v) is 5.96. The number of aromatic nitrogens is 2. The Morgan fingerprint density at radius 3 is 2.90 bits per heavy atom. The first-order chi connectivity index (χ1) is 9.63. The number of imidazole rings is 1. The fourth-order valence-electron chi connectivity index (χ4n) is 1.83. The predicted octanol–water partition coefficient (Wildman–Crippen LogP) is 4.54. The smallest absolute Gasteiger partial charge is 0.138 e. The molecular weight excluding hydrogens is 386 g/mol. The zero-order valence-corrected chi connectivity index (χ0v) is 13.3. The topological polar surface area (TPSA) is 61.3 Å². The highest BCUT2D eigenvalue weighted by Gasteiger charge is 2.05. The van der Waals surface area contributed by atoms with E-state index in [2.05, 4.69) is 46.8 Å². The van der Waals surface area contributed by atoms with Crippen molar-refractivity contribution in [3.8, 4) is 5.75 Å². The molecule has 1 aromatic heterocycles. The van der Waals surface area contributed by atoms with Gasteiger partial charge in [0.15, 0.2) is 0 Å². The summed E-state index contributed by atoms with van der Waals surface area (Å²) in [5, 5.41) is 9.96. The number of fused-ring (bicyclic) bond motifs is 1. The lowest BCUT2D eigenvalue weighted by molar-refractivity contribution is 0.471. The van der Waals surface area contributed by atoms with Gasteiger partial charge in [-0.3, -0.25) is 4.99 Å². The first-order valence-corrected chi connectivity index (χ1v) is 7.37. The summed E-state index contributed by atoms with van der Waals surface area (Å²) in [5.74, 6) is 0.165. The molecule has 0 saturated carbocycles. The lowest BCUT2D eigenvalue weighted by Crippen LogP contribution is -1.84. The average molecular weight is 395 g/mol. The van der Waals surface area contributed by atoms with E-state index in [1.807, 2.05) is 18.2 Å². The van der Waals surface area contributed by atoms with E-state index in [1.165, 1.54) is 0 Å². The van der Waals surface area contributed by atoms with Gasteiger partial charge in [0.05, 0.1) is 27.5 Å². The van der Waals surface area contributed by atoms with Crippen LogP contribution >= 0.6 is 31.9 Å². The van der Waals surface area contributed by atoms with Gasteiger partial charge in [-0.05, 0) is 46.3 Å². The summed E-state index contributed by atoms with van der Waals surface area (Å²) >= 11 is 6.68. The lowest BCUT2D eigenvalue weighted by Gasteiger charge is -2.02. The van der Waals surface area contributed by atoms with Gasteiger partial charge in [0.2, 0.25) is 0 Å². The summed E-state index contributed by atoms with van der Waals surface area (Å²) in [4.78, 5) is 11.6. The molecule has 3 rings (SSSR count). The van der Waals surface area contributed by atoms with Crippen molar-refractivity contribution in [1.29, 1.82) is 0 Å². The normalized spacial score (nSPS) is 11.5. The maximum Gasteiger partial charge on any atom is 0.138 e. The van der Waals surface area contributed by atoms with E-state index in [0.717, 1.165) is 21.2 Å². The molecule has 0 unspecified atom stereocenters. The molecule has 0 aliphatic carbocycles. The van der Waals surface area contributed by atoms with E-state index in [4.69, 9.17) is 0 Å². The minimum Gasteiger partial charge on any atom is -0.506 e. The zero-order valence-electron chi connectivity index (χ0n) is 10.1. The van der Waals surface area contributed by atoms with Crippen molar-refractivity contribution in [1.82, 2.24) is 9.97 Å². The van der Waals surface area contributed by atoms with Gasteiger partial charge >= 0.3 is 0 Å². The molecule has 1 heterocycles. The Balaban J connectivity index is 1.97. The van der Waals surface area contributed by atoms with Crippen molar-refractivity contribution in [2.75, 3.05) is 0 Å². The van der Waals surface area contributed by atoms with Gasteiger partial charge < -0.3 is 10.1 Å². The third-order valence-electron chi connectivity index (χ3n) is 2.82. The van der Waals surface area contributed by atoms with Crippen molar-refractivity contribution < 1.29 is 5.11 Å². The Labute approximate surface area is 131 Å². The standard InChI is InChI=1S/C14H9Br2N3O/c15-9-3-8(14(20)11(16)4-9)6-17-10-1-2-12-13(5-10)19-7-18-12/h1-7,20H,(H,18,19)/b17-6+. The third kappa shape index (κ3) is 2.62. The Hall–Kier alpha value is -1.66. The van der Waals surface area contributed by atoms with Crippen molar-refractivity contribution in [3.05, 3.63) is 51.2 Å². The number of phenolic OH excluding ortho intramolecular Hbond substituents is 1. The van der Waals surface area contributed by atoms with Gasteiger partial charge in [0, 0.05) is 16.3 Å². The second-order valence-electron chi connectivity index (χ2n) is 4.19. The fraction of sp³-hybridized carbons (Fsp3) is 0. The van der Waals surface area contributed by atoms with E-state index in [1.54, 1.807) is 24.7 Å². The molecule has 0 saturated heterocycles. The minimum atomic E-state index is 0.165. The maximum absolute atomic E-state index is 9.96. The van der Waals surface area contributed by atoms with Gasteiger partial charge in [0.1, 0.15) is 5.75 Å². The predicted molar refractivity (Wildman–Crippen MR) is 86.9 cm³/mol. The summed E-state index contributed by atoms with van der Waals surface area (Å²) in [6.45, 7) is 0. The molecular formula is C14H9Br2N3O. The number of aromatic amines is 1. The van der Waals surface area contributed by atoms with Crippen LogP contribution in [0.5, 0.6) is 5.75 Å². The van der Waals surface area contributed by atoms with E-state index >= 15 is 0 Å². The van der Waals surface area contributed by atoms with Crippen molar-refractivity contribution in [3.63, 3.8) is 0 Å². The van der Waals surface area contributed by atoms with Crippen LogP contribution in [0.4, 0.5) is 5.69 Å². The van der Waals surface area contributed by atoms with Gasteiger partial charge in [0.25, 0.3) is 0 Å². The Morgan fingerprint density at radius 1 is 1.20 bits per heavy atom. The average Bonchev–Trinajstić information content (AvgIpc) is 2.88. The van der Waals surface area contributed by atoms with Crippen LogP contribution in [0.15, 0.2) is 50.6 Å². The number of phenols is 1. The lowest BCUT2D eigenvalue weighted by atomic mass is 10.2. The van der Waals surface area contributed by atoms with Crippen LogP contribution in [0.2, 0.25) is 0 Å². The van der Waals surface area contributed by atoms with Crippen LogP contribution in [-0.4, -0.2) is 21.3 Å². The van der Waals surface area contributed by atoms with Crippen molar-refractivity contribution in [2.45, 2.75) is 0 Å². The monoisotopic (exact) mass is 393 g/mol.